The number of imide groups is 1. The van der Waals surface area contributed by atoms with Crippen LogP contribution in [-0.4, -0.2) is 23.9 Å². The van der Waals surface area contributed by atoms with Crippen molar-refractivity contribution in [2.45, 2.75) is 19.0 Å². The summed E-state index contributed by atoms with van der Waals surface area (Å²) < 4.78 is 18.9. The van der Waals surface area contributed by atoms with Gasteiger partial charge >= 0.3 is 6.03 Å². The molecule has 0 aliphatic carbocycles. The number of benzene rings is 3. The first-order valence-electron chi connectivity index (χ1n) is 8.88. The molecule has 4 rings (SSSR count). The summed E-state index contributed by atoms with van der Waals surface area (Å²) in [7, 11) is 1.38. The summed E-state index contributed by atoms with van der Waals surface area (Å²) in [6, 6.07) is 17.4. The monoisotopic (exact) mass is 378 g/mol. The molecule has 6 heteroatoms. The SMILES string of the molecule is COc1ccc(CN2C(=O)N[C@@](C)(c3ccc4ccccc4c3)C2=O)cc1F. The standard InChI is InChI=1S/C22H19FN2O3/c1-22(17-9-8-15-5-3-4-6-16(15)12-17)20(26)25(21(27)24-22)13-14-7-10-19(28-2)18(23)11-14/h3-12H,13H2,1-2H3,(H,24,27)/t22-/m0/s1. The first kappa shape index (κ1) is 18.0. The molecular formula is C22H19FN2O3. The van der Waals surface area contributed by atoms with Crippen LogP contribution in [0.1, 0.15) is 18.1 Å². The van der Waals surface area contributed by atoms with Gasteiger partial charge in [0.15, 0.2) is 11.6 Å². The Hall–Kier alpha value is -3.41. The van der Waals surface area contributed by atoms with Crippen LogP contribution in [0.4, 0.5) is 9.18 Å². The number of carbonyl (C=O) groups excluding carboxylic acids is 2. The molecule has 3 amide bonds. The van der Waals surface area contributed by atoms with Crippen LogP contribution in [-0.2, 0) is 16.9 Å². The van der Waals surface area contributed by atoms with E-state index in [9.17, 15) is 14.0 Å². The molecule has 3 aromatic rings. The van der Waals surface area contributed by atoms with E-state index in [1.54, 1.807) is 13.0 Å². The van der Waals surface area contributed by atoms with Gasteiger partial charge in [-0.05, 0) is 47.0 Å². The zero-order valence-electron chi connectivity index (χ0n) is 15.5. The summed E-state index contributed by atoms with van der Waals surface area (Å²) in [5.74, 6) is -0.796. The van der Waals surface area contributed by atoms with Crippen molar-refractivity contribution >= 4 is 22.7 Å². The maximum absolute atomic E-state index is 14.0. The highest BCUT2D eigenvalue weighted by Crippen LogP contribution is 2.32. The number of carbonyl (C=O) groups is 2. The quantitative estimate of drug-likeness (QED) is 0.700. The number of ether oxygens (including phenoxy) is 1. The van der Waals surface area contributed by atoms with Crippen LogP contribution >= 0.6 is 0 Å². The minimum Gasteiger partial charge on any atom is -0.494 e. The van der Waals surface area contributed by atoms with Crippen LogP contribution in [0.15, 0.2) is 60.7 Å². The van der Waals surface area contributed by atoms with Crippen molar-refractivity contribution in [1.82, 2.24) is 10.2 Å². The fourth-order valence-corrected chi connectivity index (χ4v) is 3.53. The number of urea groups is 1. The van der Waals surface area contributed by atoms with Gasteiger partial charge in [0.05, 0.1) is 13.7 Å². The summed E-state index contributed by atoms with van der Waals surface area (Å²) in [6.07, 6.45) is 0. The van der Waals surface area contributed by atoms with Crippen molar-refractivity contribution in [2.24, 2.45) is 0 Å². The van der Waals surface area contributed by atoms with Gasteiger partial charge in [-0.15, -0.1) is 0 Å². The molecule has 1 aliphatic rings. The number of halogens is 1. The van der Waals surface area contributed by atoms with E-state index in [2.05, 4.69) is 5.32 Å². The van der Waals surface area contributed by atoms with E-state index < -0.39 is 17.4 Å². The van der Waals surface area contributed by atoms with E-state index in [-0.39, 0.29) is 18.2 Å². The third-order valence-corrected chi connectivity index (χ3v) is 5.16. The van der Waals surface area contributed by atoms with Crippen LogP contribution in [0.5, 0.6) is 5.75 Å². The Morgan fingerprint density at radius 3 is 2.50 bits per heavy atom. The minimum atomic E-state index is -1.17. The molecule has 1 N–H and O–H groups in total. The Kier molecular flexibility index (Phi) is 4.26. The lowest BCUT2D eigenvalue weighted by atomic mass is 9.90. The molecule has 1 atom stereocenters. The third kappa shape index (κ3) is 2.87. The molecule has 3 aromatic carbocycles. The van der Waals surface area contributed by atoms with Gasteiger partial charge in [0.1, 0.15) is 5.54 Å². The zero-order valence-corrected chi connectivity index (χ0v) is 15.5. The number of fused-ring (bicyclic) bond motifs is 1. The van der Waals surface area contributed by atoms with Gasteiger partial charge in [-0.25, -0.2) is 9.18 Å². The number of nitrogens with one attached hydrogen (secondary N) is 1. The lowest BCUT2D eigenvalue weighted by Gasteiger charge is -2.23. The number of hydrogen-bond donors (Lipinski definition) is 1. The van der Waals surface area contributed by atoms with Crippen LogP contribution in [0.3, 0.4) is 0 Å². The molecule has 0 unspecified atom stereocenters. The predicted octanol–water partition coefficient (Wildman–Crippen LogP) is 3.95. The zero-order chi connectivity index (χ0) is 19.9. The summed E-state index contributed by atoms with van der Waals surface area (Å²) in [5.41, 5.74) is 0.0316. The summed E-state index contributed by atoms with van der Waals surface area (Å²) >= 11 is 0. The van der Waals surface area contributed by atoms with Crippen LogP contribution < -0.4 is 10.1 Å². The molecule has 0 radical (unpaired) electrons. The molecule has 0 saturated carbocycles. The van der Waals surface area contributed by atoms with Crippen LogP contribution in [0, 0.1) is 5.82 Å². The second kappa shape index (κ2) is 6.64. The van der Waals surface area contributed by atoms with Gasteiger partial charge < -0.3 is 10.1 Å². The topological polar surface area (TPSA) is 58.6 Å². The smallest absolute Gasteiger partial charge is 0.325 e. The average molecular weight is 378 g/mol. The number of rotatable bonds is 4. The molecule has 0 spiro atoms. The molecule has 1 saturated heterocycles. The fourth-order valence-electron chi connectivity index (χ4n) is 3.53. The molecule has 0 bridgehead atoms. The fraction of sp³-hybridized carbons (Fsp3) is 0.182. The summed E-state index contributed by atoms with van der Waals surface area (Å²) in [6.45, 7) is 1.67. The Bertz CT molecular complexity index is 1100. The summed E-state index contributed by atoms with van der Waals surface area (Å²) in [5, 5.41) is 4.83. The van der Waals surface area contributed by atoms with Crippen molar-refractivity contribution in [2.75, 3.05) is 7.11 Å². The highest BCUT2D eigenvalue weighted by Gasteiger charge is 2.48. The van der Waals surface area contributed by atoms with Gasteiger partial charge in [-0.3, -0.25) is 9.69 Å². The Morgan fingerprint density at radius 2 is 1.79 bits per heavy atom. The van der Waals surface area contributed by atoms with E-state index in [1.165, 1.54) is 19.2 Å². The van der Waals surface area contributed by atoms with Gasteiger partial charge in [-0.2, -0.15) is 0 Å². The largest absolute Gasteiger partial charge is 0.494 e. The third-order valence-electron chi connectivity index (χ3n) is 5.16. The first-order chi connectivity index (χ1) is 13.4. The highest BCUT2D eigenvalue weighted by atomic mass is 19.1. The van der Waals surface area contributed by atoms with E-state index in [0.29, 0.717) is 11.1 Å². The lowest BCUT2D eigenvalue weighted by Crippen LogP contribution is -2.40. The molecule has 28 heavy (non-hydrogen) atoms. The number of amides is 3. The van der Waals surface area contributed by atoms with E-state index in [1.807, 2.05) is 42.5 Å². The van der Waals surface area contributed by atoms with Crippen LogP contribution in [0.25, 0.3) is 10.8 Å². The second-order valence-corrected chi connectivity index (χ2v) is 6.98. The molecule has 1 fully saturated rings. The molecule has 5 nitrogen and oxygen atoms in total. The first-order valence-corrected chi connectivity index (χ1v) is 8.88. The van der Waals surface area contributed by atoms with Gasteiger partial charge in [0.25, 0.3) is 5.91 Å². The molecular weight excluding hydrogens is 359 g/mol. The number of methoxy groups -OCH3 is 1. The Morgan fingerprint density at radius 1 is 1.04 bits per heavy atom. The predicted molar refractivity (Wildman–Crippen MR) is 103 cm³/mol. The maximum atomic E-state index is 14.0. The van der Waals surface area contributed by atoms with E-state index >= 15 is 0 Å². The van der Waals surface area contributed by atoms with Crippen LogP contribution in [0.2, 0.25) is 0 Å². The van der Waals surface area contributed by atoms with Crippen molar-refractivity contribution in [3.8, 4) is 5.75 Å². The normalized spacial score (nSPS) is 19.2. The molecule has 1 heterocycles. The Labute approximate surface area is 161 Å². The molecule has 0 aromatic heterocycles. The van der Waals surface area contributed by atoms with Crippen molar-refractivity contribution in [1.29, 1.82) is 0 Å². The molecule has 142 valence electrons. The van der Waals surface area contributed by atoms with E-state index in [4.69, 9.17) is 4.74 Å². The Balaban J connectivity index is 1.64. The van der Waals surface area contributed by atoms with Crippen molar-refractivity contribution in [3.05, 3.63) is 77.6 Å². The van der Waals surface area contributed by atoms with Gasteiger partial charge in [0, 0.05) is 0 Å². The minimum absolute atomic E-state index is 0.0191. The van der Waals surface area contributed by atoms with Gasteiger partial charge in [0.2, 0.25) is 0 Å². The average Bonchev–Trinajstić information content (AvgIpc) is 2.92. The number of hydrogen-bond acceptors (Lipinski definition) is 3. The second-order valence-electron chi connectivity index (χ2n) is 6.98. The number of nitrogens with zero attached hydrogens (tertiary/aromatic N) is 1. The van der Waals surface area contributed by atoms with Gasteiger partial charge in [-0.1, -0.05) is 42.5 Å². The van der Waals surface area contributed by atoms with Crippen molar-refractivity contribution in [3.63, 3.8) is 0 Å². The molecule has 1 aliphatic heterocycles. The summed E-state index contributed by atoms with van der Waals surface area (Å²) in [4.78, 5) is 26.7. The van der Waals surface area contributed by atoms with E-state index in [0.717, 1.165) is 15.7 Å². The maximum Gasteiger partial charge on any atom is 0.325 e. The highest BCUT2D eigenvalue weighted by molar-refractivity contribution is 6.07. The van der Waals surface area contributed by atoms with Crippen molar-refractivity contribution < 1.29 is 18.7 Å². The lowest BCUT2D eigenvalue weighted by molar-refractivity contribution is -0.131.